The molecule has 2 rings (SSSR count). The Bertz CT molecular complexity index is 575. The Hall–Kier alpha value is -0.550. The lowest BCUT2D eigenvalue weighted by atomic mass is 10.2. The largest absolute Gasteiger partial charge is 0.456 e. The zero-order valence-electron chi connectivity index (χ0n) is 9.29. The Morgan fingerprint density at radius 2 is 1.89 bits per heavy atom. The van der Waals surface area contributed by atoms with Crippen molar-refractivity contribution in [3.63, 3.8) is 0 Å². The normalized spacial score (nSPS) is 10.4. The van der Waals surface area contributed by atoms with Gasteiger partial charge in [0.05, 0.1) is 4.47 Å². The van der Waals surface area contributed by atoms with Crippen LogP contribution < -0.4 is 10.5 Å². The molecule has 0 saturated carbocycles. The number of nitrogens with two attached hydrogens (primary N) is 1. The van der Waals surface area contributed by atoms with E-state index in [9.17, 15) is 0 Å². The van der Waals surface area contributed by atoms with Gasteiger partial charge in [-0.3, -0.25) is 0 Å². The third kappa shape index (κ3) is 3.26. The molecular weight excluding hydrogens is 381 g/mol. The highest BCUT2D eigenvalue weighted by Crippen LogP contribution is 2.33. The van der Waals surface area contributed by atoms with Gasteiger partial charge in [-0.05, 0) is 51.8 Å². The SMILES string of the molecule is NCc1ccc(Oc2ccc(Br)cc2Br)cc1Cl. The fourth-order valence-corrected chi connectivity index (χ4v) is 2.82. The summed E-state index contributed by atoms with van der Waals surface area (Å²) in [7, 11) is 0. The molecule has 2 N–H and O–H groups in total. The highest BCUT2D eigenvalue weighted by molar-refractivity contribution is 9.11. The zero-order valence-corrected chi connectivity index (χ0v) is 13.2. The van der Waals surface area contributed by atoms with E-state index in [1.807, 2.05) is 30.3 Å². The van der Waals surface area contributed by atoms with Crippen molar-refractivity contribution in [3.05, 3.63) is 55.9 Å². The van der Waals surface area contributed by atoms with Gasteiger partial charge in [-0.2, -0.15) is 0 Å². The molecule has 5 heteroatoms. The monoisotopic (exact) mass is 389 g/mol. The molecule has 0 heterocycles. The van der Waals surface area contributed by atoms with E-state index in [1.165, 1.54) is 0 Å². The maximum absolute atomic E-state index is 6.08. The van der Waals surface area contributed by atoms with E-state index in [1.54, 1.807) is 6.07 Å². The average molecular weight is 391 g/mol. The van der Waals surface area contributed by atoms with Gasteiger partial charge in [-0.25, -0.2) is 0 Å². The summed E-state index contributed by atoms with van der Waals surface area (Å²) in [6, 6.07) is 11.2. The third-order valence-electron chi connectivity index (χ3n) is 2.37. The van der Waals surface area contributed by atoms with Gasteiger partial charge >= 0.3 is 0 Å². The van der Waals surface area contributed by atoms with Gasteiger partial charge in [0.15, 0.2) is 0 Å². The van der Waals surface area contributed by atoms with Crippen molar-refractivity contribution in [2.24, 2.45) is 5.73 Å². The van der Waals surface area contributed by atoms with Gasteiger partial charge < -0.3 is 10.5 Å². The molecule has 0 aliphatic heterocycles. The molecule has 0 atom stereocenters. The zero-order chi connectivity index (χ0) is 13.1. The standard InChI is InChI=1S/C13H10Br2ClNO/c14-9-2-4-13(11(15)5-9)18-10-3-1-8(7-17)12(16)6-10/h1-6H,7,17H2. The number of hydrogen-bond acceptors (Lipinski definition) is 2. The number of benzene rings is 2. The molecule has 2 aromatic carbocycles. The summed E-state index contributed by atoms with van der Waals surface area (Å²) in [5.74, 6) is 1.41. The van der Waals surface area contributed by atoms with Crippen LogP contribution in [0.4, 0.5) is 0 Å². The molecule has 0 saturated heterocycles. The van der Waals surface area contributed by atoms with Crippen LogP contribution in [0.1, 0.15) is 5.56 Å². The maximum Gasteiger partial charge on any atom is 0.141 e. The van der Waals surface area contributed by atoms with Crippen LogP contribution in [0.2, 0.25) is 5.02 Å². The van der Waals surface area contributed by atoms with Gasteiger partial charge in [0, 0.05) is 16.0 Å². The second-order valence-electron chi connectivity index (χ2n) is 3.63. The van der Waals surface area contributed by atoms with E-state index in [-0.39, 0.29) is 0 Å². The molecular formula is C13H10Br2ClNO. The summed E-state index contributed by atoms with van der Waals surface area (Å²) >= 11 is 12.9. The molecule has 0 unspecified atom stereocenters. The Morgan fingerprint density at radius 1 is 1.11 bits per heavy atom. The van der Waals surface area contributed by atoms with Crippen molar-refractivity contribution in [2.45, 2.75) is 6.54 Å². The fraction of sp³-hybridized carbons (Fsp3) is 0.0769. The summed E-state index contributed by atoms with van der Waals surface area (Å²) in [5, 5.41) is 0.614. The maximum atomic E-state index is 6.08. The molecule has 18 heavy (non-hydrogen) atoms. The van der Waals surface area contributed by atoms with Crippen LogP contribution in [0.5, 0.6) is 11.5 Å². The first-order valence-corrected chi connectivity index (χ1v) is 7.18. The van der Waals surface area contributed by atoms with E-state index in [0.717, 1.165) is 20.3 Å². The highest BCUT2D eigenvalue weighted by atomic mass is 79.9. The first kappa shape index (κ1) is 13.9. The summed E-state index contributed by atoms with van der Waals surface area (Å²) in [5.41, 5.74) is 6.46. The molecule has 0 amide bonds. The lowest BCUT2D eigenvalue weighted by Crippen LogP contribution is -1.97. The van der Waals surface area contributed by atoms with Gasteiger partial charge in [-0.1, -0.05) is 33.6 Å². The van der Waals surface area contributed by atoms with Crippen molar-refractivity contribution in [1.29, 1.82) is 0 Å². The van der Waals surface area contributed by atoms with Crippen LogP contribution in [-0.4, -0.2) is 0 Å². The predicted octanol–water partition coefficient (Wildman–Crippen LogP) is 5.12. The van der Waals surface area contributed by atoms with E-state index in [0.29, 0.717) is 17.3 Å². The number of halogens is 3. The molecule has 2 nitrogen and oxygen atoms in total. The van der Waals surface area contributed by atoms with E-state index in [4.69, 9.17) is 22.1 Å². The van der Waals surface area contributed by atoms with E-state index < -0.39 is 0 Å². The molecule has 0 aromatic heterocycles. The minimum atomic E-state index is 0.418. The number of ether oxygens (including phenoxy) is 1. The average Bonchev–Trinajstić information content (AvgIpc) is 2.33. The fourth-order valence-electron chi connectivity index (χ4n) is 1.44. The molecule has 2 aromatic rings. The van der Waals surface area contributed by atoms with E-state index in [2.05, 4.69) is 31.9 Å². The number of hydrogen-bond donors (Lipinski definition) is 1. The minimum absolute atomic E-state index is 0.418. The smallest absolute Gasteiger partial charge is 0.141 e. The van der Waals surface area contributed by atoms with Gasteiger partial charge in [0.1, 0.15) is 11.5 Å². The first-order valence-electron chi connectivity index (χ1n) is 5.21. The lowest BCUT2D eigenvalue weighted by Gasteiger charge is -2.09. The summed E-state index contributed by atoms with van der Waals surface area (Å²) in [6.45, 7) is 0.418. The minimum Gasteiger partial charge on any atom is -0.456 e. The van der Waals surface area contributed by atoms with Gasteiger partial charge in [0.2, 0.25) is 0 Å². The molecule has 0 bridgehead atoms. The Kier molecular flexibility index (Phi) is 4.67. The van der Waals surface area contributed by atoms with Crippen LogP contribution >= 0.6 is 43.5 Å². The van der Waals surface area contributed by atoms with Crippen molar-refractivity contribution in [3.8, 4) is 11.5 Å². The molecule has 0 aliphatic carbocycles. The van der Waals surface area contributed by atoms with Crippen LogP contribution in [0.25, 0.3) is 0 Å². The predicted molar refractivity (Wildman–Crippen MR) is 81.3 cm³/mol. The van der Waals surface area contributed by atoms with Crippen LogP contribution in [0, 0.1) is 0 Å². The third-order valence-corrected chi connectivity index (χ3v) is 3.83. The van der Waals surface area contributed by atoms with Crippen molar-refractivity contribution in [2.75, 3.05) is 0 Å². The molecule has 0 radical (unpaired) electrons. The van der Waals surface area contributed by atoms with Gasteiger partial charge in [-0.15, -0.1) is 0 Å². The lowest BCUT2D eigenvalue weighted by molar-refractivity contribution is 0.479. The summed E-state index contributed by atoms with van der Waals surface area (Å²) in [6.07, 6.45) is 0. The molecule has 0 spiro atoms. The second kappa shape index (κ2) is 6.06. The van der Waals surface area contributed by atoms with Crippen LogP contribution in [0.15, 0.2) is 45.3 Å². The summed E-state index contributed by atoms with van der Waals surface area (Å²) in [4.78, 5) is 0. The van der Waals surface area contributed by atoms with Gasteiger partial charge in [0.25, 0.3) is 0 Å². The second-order valence-corrected chi connectivity index (χ2v) is 5.81. The Balaban J connectivity index is 2.26. The van der Waals surface area contributed by atoms with Crippen molar-refractivity contribution >= 4 is 43.5 Å². The van der Waals surface area contributed by atoms with E-state index >= 15 is 0 Å². The summed E-state index contributed by atoms with van der Waals surface area (Å²) < 4.78 is 7.61. The molecule has 0 fully saturated rings. The first-order chi connectivity index (χ1) is 8.60. The van der Waals surface area contributed by atoms with Crippen LogP contribution in [0.3, 0.4) is 0 Å². The quantitative estimate of drug-likeness (QED) is 0.789. The highest BCUT2D eigenvalue weighted by Gasteiger charge is 2.05. The topological polar surface area (TPSA) is 35.2 Å². The number of rotatable bonds is 3. The molecule has 94 valence electrons. The van der Waals surface area contributed by atoms with Crippen molar-refractivity contribution < 1.29 is 4.74 Å². The van der Waals surface area contributed by atoms with Crippen LogP contribution in [-0.2, 0) is 6.54 Å². The molecule has 0 aliphatic rings. The van der Waals surface area contributed by atoms with Crippen molar-refractivity contribution in [1.82, 2.24) is 0 Å². The Morgan fingerprint density at radius 3 is 2.50 bits per heavy atom. The Labute approximate surface area is 127 Å².